The van der Waals surface area contributed by atoms with Crippen molar-refractivity contribution < 1.29 is 34.2 Å². The second-order valence-electron chi connectivity index (χ2n) is 10.0. The molecule has 5 unspecified atom stereocenters. The molecule has 15 nitrogen and oxygen atoms in total. The number of rotatable bonds is 17. The molecule has 1 heterocycles. The second kappa shape index (κ2) is 16.0. The molecular formula is C27H40N8O7. The fraction of sp³-hybridized carbons (Fsp3) is 0.481. The molecule has 0 saturated carbocycles. The predicted molar refractivity (Wildman–Crippen MR) is 155 cm³/mol. The molecule has 0 spiro atoms. The van der Waals surface area contributed by atoms with Crippen molar-refractivity contribution in [2.24, 2.45) is 28.1 Å². The van der Waals surface area contributed by atoms with Crippen LogP contribution < -0.4 is 33.2 Å². The van der Waals surface area contributed by atoms with Crippen molar-refractivity contribution in [3.8, 4) is 0 Å². The number of aromatic nitrogens is 1. The van der Waals surface area contributed by atoms with E-state index >= 15 is 0 Å². The lowest BCUT2D eigenvalue weighted by Crippen LogP contribution is -2.58. The Morgan fingerprint density at radius 1 is 0.976 bits per heavy atom. The first kappa shape index (κ1) is 33.5. The molecule has 1 aromatic carbocycles. The van der Waals surface area contributed by atoms with Gasteiger partial charge in [0.25, 0.3) is 0 Å². The van der Waals surface area contributed by atoms with Gasteiger partial charge in [0.2, 0.25) is 17.7 Å². The van der Waals surface area contributed by atoms with E-state index in [1.54, 1.807) is 20.0 Å². The van der Waals surface area contributed by atoms with Crippen LogP contribution in [-0.4, -0.2) is 81.5 Å². The topological polar surface area (TPSA) is 268 Å². The van der Waals surface area contributed by atoms with E-state index < -0.39 is 66.2 Å². The molecule has 2 rings (SSSR count). The van der Waals surface area contributed by atoms with E-state index in [-0.39, 0.29) is 31.8 Å². The minimum absolute atomic E-state index is 0.0280. The van der Waals surface area contributed by atoms with E-state index in [0.29, 0.717) is 6.42 Å². The maximum Gasteiger partial charge on any atom is 0.326 e. The molecule has 2 aromatic rings. The highest BCUT2D eigenvalue weighted by Crippen LogP contribution is 2.19. The summed E-state index contributed by atoms with van der Waals surface area (Å²) in [6.45, 7) is 3.49. The van der Waals surface area contributed by atoms with Crippen LogP contribution in [0.2, 0.25) is 0 Å². The molecule has 15 heteroatoms. The monoisotopic (exact) mass is 588 g/mol. The average Bonchev–Trinajstić information content (AvgIpc) is 3.34. The number of fused-ring (bicyclic) bond motifs is 1. The van der Waals surface area contributed by atoms with Gasteiger partial charge in [0.15, 0.2) is 5.96 Å². The van der Waals surface area contributed by atoms with Crippen LogP contribution in [-0.2, 0) is 30.4 Å². The third kappa shape index (κ3) is 10.1. The van der Waals surface area contributed by atoms with Crippen LogP contribution in [0, 0.1) is 5.92 Å². The van der Waals surface area contributed by atoms with Gasteiger partial charge in [-0.25, -0.2) is 4.79 Å². The lowest BCUT2D eigenvalue weighted by atomic mass is 9.98. The largest absolute Gasteiger partial charge is 0.481 e. The van der Waals surface area contributed by atoms with Gasteiger partial charge in [-0.3, -0.25) is 24.2 Å². The zero-order valence-electron chi connectivity index (χ0n) is 23.6. The molecule has 0 saturated heterocycles. The highest BCUT2D eigenvalue weighted by Gasteiger charge is 2.33. The summed E-state index contributed by atoms with van der Waals surface area (Å²) in [6, 6.07) is 2.31. The summed E-state index contributed by atoms with van der Waals surface area (Å²) in [6.07, 6.45) is 1.79. The molecule has 230 valence electrons. The lowest BCUT2D eigenvalue weighted by molar-refractivity contribution is -0.144. The van der Waals surface area contributed by atoms with Crippen LogP contribution in [0.15, 0.2) is 35.5 Å². The summed E-state index contributed by atoms with van der Waals surface area (Å²) in [5, 5.41) is 27.0. The number of amides is 3. The number of benzene rings is 1. The average molecular weight is 589 g/mol. The van der Waals surface area contributed by atoms with Crippen LogP contribution in [0.3, 0.4) is 0 Å². The number of aliphatic carboxylic acids is 2. The molecule has 0 bridgehead atoms. The smallest absolute Gasteiger partial charge is 0.326 e. The Hall–Kier alpha value is -4.66. The molecule has 12 N–H and O–H groups in total. The predicted octanol–water partition coefficient (Wildman–Crippen LogP) is -0.849. The van der Waals surface area contributed by atoms with Gasteiger partial charge in [-0.2, -0.15) is 0 Å². The van der Waals surface area contributed by atoms with Crippen molar-refractivity contribution in [3.63, 3.8) is 0 Å². The van der Waals surface area contributed by atoms with Crippen molar-refractivity contribution in [2.45, 2.75) is 70.1 Å². The number of aliphatic imine (C=N–C) groups is 1. The van der Waals surface area contributed by atoms with Gasteiger partial charge in [0.1, 0.15) is 18.1 Å². The van der Waals surface area contributed by atoms with Gasteiger partial charge >= 0.3 is 11.9 Å². The number of carbonyl (C=O) groups is 5. The highest BCUT2D eigenvalue weighted by molar-refractivity contribution is 5.96. The molecule has 0 aliphatic rings. The minimum Gasteiger partial charge on any atom is -0.481 e. The number of nitrogens with two attached hydrogens (primary N) is 3. The number of guanidine groups is 1. The molecule has 0 fully saturated rings. The van der Waals surface area contributed by atoms with E-state index in [1.807, 2.05) is 24.3 Å². The fourth-order valence-electron chi connectivity index (χ4n) is 4.27. The van der Waals surface area contributed by atoms with Crippen LogP contribution in [0.4, 0.5) is 0 Å². The number of H-pyrrole nitrogens is 1. The van der Waals surface area contributed by atoms with Crippen LogP contribution in [0.25, 0.3) is 10.9 Å². The van der Waals surface area contributed by atoms with Gasteiger partial charge < -0.3 is 48.3 Å². The Morgan fingerprint density at radius 2 is 1.62 bits per heavy atom. The standard InChI is InChI=1S/C27H40N8O7/c1-3-14(2)22(26(41)42)35-25(40)20(12-21(36)37)34-24(39)19(9-6-10-31-27(29)30)33-23(38)17(28)11-15-13-32-18-8-5-4-7-16(15)18/h4-5,7-8,13-14,17,19-20,22,32H,3,6,9-12,28H2,1-2H3,(H,33,38)(H,34,39)(H,35,40)(H,36,37)(H,41,42)(H4,29,30,31). The summed E-state index contributed by atoms with van der Waals surface area (Å²) < 4.78 is 0. The van der Waals surface area contributed by atoms with Crippen LogP contribution in [0.1, 0.15) is 45.1 Å². The summed E-state index contributed by atoms with van der Waals surface area (Å²) in [4.78, 5) is 69.4. The molecule has 0 radical (unpaired) electrons. The number of carboxylic acid groups (broad SMARTS) is 2. The Labute approximate surface area is 242 Å². The molecule has 1 aromatic heterocycles. The molecule has 0 aliphatic heterocycles. The SMILES string of the molecule is CCC(C)C(NC(=O)C(CC(=O)O)NC(=O)C(CCCN=C(N)N)NC(=O)C(N)Cc1c[nH]c2ccccc12)C(=O)O. The fourth-order valence-corrected chi connectivity index (χ4v) is 4.27. The first-order valence-corrected chi connectivity index (χ1v) is 13.6. The summed E-state index contributed by atoms with van der Waals surface area (Å²) in [7, 11) is 0. The Balaban J connectivity index is 2.20. The zero-order valence-corrected chi connectivity index (χ0v) is 23.6. The first-order chi connectivity index (χ1) is 19.8. The van der Waals surface area contributed by atoms with E-state index in [0.717, 1.165) is 16.5 Å². The molecule has 0 aliphatic carbocycles. The number of aromatic amines is 1. The first-order valence-electron chi connectivity index (χ1n) is 13.6. The molecular weight excluding hydrogens is 548 g/mol. The van der Waals surface area contributed by atoms with E-state index in [9.17, 15) is 34.2 Å². The Kier molecular flexibility index (Phi) is 12.7. The summed E-state index contributed by atoms with van der Waals surface area (Å²) >= 11 is 0. The van der Waals surface area contributed by atoms with E-state index in [1.165, 1.54) is 0 Å². The van der Waals surface area contributed by atoms with E-state index in [4.69, 9.17) is 17.2 Å². The van der Waals surface area contributed by atoms with Gasteiger partial charge in [-0.1, -0.05) is 38.5 Å². The van der Waals surface area contributed by atoms with Crippen LogP contribution in [0.5, 0.6) is 0 Å². The third-order valence-corrected chi connectivity index (χ3v) is 6.82. The maximum atomic E-state index is 13.3. The van der Waals surface area contributed by atoms with Crippen molar-refractivity contribution >= 4 is 46.5 Å². The van der Waals surface area contributed by atoms with Gasteiger partial charge in [0, 0.05) is 23.6 Å². The van der Waals surface area contributed by atoms with Gasteiger partial charge in [-0.05, 0) is 36.8 Å². The minimum atomic E-state index is -1.61. The molecule has 42 heavy (non-hydrogen) atoms. The normalized spacial score (nSPS) is 14.5. The number of nitrogens with zero attached hydrogens (tertiary/aromatic N) is 1. The Bertz CT molecular complexity index is 1290. The van der Waals surface area contributed by atoms with Crippen molar-refractivity contribution in [1.29, 1.82) is 0 Å². The molecule has 3 amide bonds. The van der Waals surface area contributed by atoms with Gasteiger partial charge in [0.05, 0.1) is 12.5 Å². The number of hydrogen-bond donors (Lipinski definition) is 9. The zero-order chi connectivity index (χ0) is 31.4. The van der Waals surface area contributed by atoms with Gasteiger partial charge in [-0.15, -0.1) is 0 Å². The quantitative estimate of drug-likeness (QED) is 0.0627. The number of carbonyl (C=O) groups excluding carboxylic acids is 3. The van der Waals surface area contributed by atoms with Crippen molar-refractivity contribution in [1.82, 2.24) is 20.9 Å². The number of carboxylic acids is 2. The van der Waals surface area contributed by atoms with Crippen molar-refractivity contribution in [2.75, 3.05) is 6.54 Å². The number of nitrogens with one attached hydrogen (secondary N) is 4. The molecule has 5 atom stereocenters. The van der Waals surface area contributed by atoms with Crippen LogP contribution >= 0.6 is 0 Å². The second-order valence-corrected chi connectivity index (χ2v) is 10.0. The third-order valence-electron chi connectivity index (χ3n) is 6.82. The highest BCUT2D eigenvalue weighted by atomic mass is 16.4. The lowest BCUT2D eigenvalue weighted by Gasteiger charge is -2.26. The number of para-hydroxylation sites is 1. The van der Waals surface area contributed by atoms with E-state index in [2.05, 4.69) is 25.9 Å². The van der Waals surface area contributed by atoms with Crippen molar-refractivity contribution in [3.05, 3.63) is 36.0 Å². The Morgan fingerprint density at radius 3 is 2.24 bits per heavy atom. The number of hydrogen-bond acceptors (Lipinski definition) is 7. The maximum absolute atomic E-state index is 13.3. The summed E-state index contributed by atoms with van der Waals surface area (Å²) in [5.74, 6) is -5.82. The summed E-state index contributed by atoms with van der Waals surface area (Å²) in [5.41, 5.74) is 18.5.